The summed E-state index contributed by atoms with van der Waals surface area (Å²) in [6.45, 7) is 1.68. The minimum atomic E-state index is -0.513. The third kappa shape index (κ3) is 2.45. The van der Waals surface area contributed by atoms with Crippen molar-refractivity contribution in [2.24, 2.45) is 0 Å². The summed E-state index contributed by atoms with van der Waals surface area (Å²) in [5.41, 5.74) is 0.624. The van der Waals surface area contributed by atoms with Gasteiger partial charge in [-0.25, -0.2) is 4.39 Å². The lowest BCUT2D eigenvalue weighted by molar-refractivity contribution is 0.102. The largest absolute Gasteiger partial charge is 0.328 e. The van der Waals surface area contributed by atoms with E-state index in [2.05, 4.69) is 10.3 Å². The van der Waals surface area contributed by atoms with Gasteiger partial charge in [0.05, 0.1) is 0 Å². The molecule has 4 nitrogen and oxygen atoms in total. The van der Waals surface area contributed by atoms with Crippen LogP contribution in [0.1, 0.15) is 15.9 Å². The molecule has 0 bridgehead atoms. The first kappa shape index (κ1) is 12.0. The second-order valence-corrected chi connectivity index (χ2v) is 3.83. The van der Waals surface area contributed by atoms with Crippen molar-refractivity contribution >= 4 is 11.6 Å². The molecule has 18 heavy (non-hydrogen) atoms. The lowest BCUT2D eigenvalue weighted by atomic mass is 10.1. The smallest absolute Gasteiger partial charge is 0.261 e. The van der Waals surface area contributed by atoms with E-state index < -0.39 is 11.5 Å². The zero-order valence-electron chi connectivity index (χ0n) is 9.66. The molecular formula is C13H11FN2O2. The second kappa shape index (κ2) is 4.83. The normalized spacial score (nSPS) is 10.1. The average Bonchev–Trinajstić information content (AvgIpc) is 2.32. The van der Waals surface area contributed by atoms with Crippen molar-refractivity contribution in [3.63, 3.8) is 0 Å². The SMILES string of the molecule is Cc1cc[nH]c(=O)c1C(=O)Nc1ccc(F)cc1. The number of hydrogen-bond donors (Lipinski definition) is 2. The standard InChI is InChI=1S/C13H11FN2O2/c1-8-6-7-15-12(17)11(8)13(18)16-10-4-2-9(14)3-5-10/h2-7H,1H3,(H,15,17)(H,16,18). The minimum Gasteiger partial charge on any atom is -0.328 e. The van der Waals surface area contributed by atoms with Crippen LogP contribution in [0.25, 0.3) is 0 Å². The lowest BCUT2D eigenvalue weighted by Gasteiger charge is -2.06. The van der Waals surface area contributed by atoms with Gasteiger partial charge >= 0.3 is 0 Å². The Labute approximate surface area is 102 Å². The average molecular weight is 246 g/mol. The molecule has 0 radical (unpaired) electrons. The van der Waals surface area contributed by atoms with Gasteiger partial charge in [0.15, 0.2) is 0 Å². The van der Waals surface area contributed by atoms with Crippen molar-refractivity contribution in [1.82, 2.24) is 4.98 Å². The maximum Gasteiger partial charge on any atom is 0.261 e. The van der Waals surface area contributed by atoms with Crippen LogP contribution in [0.4, 0.5) is 10.1 Å². The van der Waals surface area contributed by atoms with E-state index in [-0.39, 0.29) is 11.4 Å². The van der Waals surface area contributed by atoms with E-state index in [1.807, 2.05) is 0 Å². The molecule has 0 fully saturated rings. The van der Waals surface area contributed by atoms with Crippen LogP contribution in [0.2, 0.25) is 0 Å². The van der Waals surface area contributed by atoms with Gasteiger partial charge in [0.2, 0.25) is 0 Å². The Morgan fingerprint density at radius 3 is 2.50 bits per heavy atom. The van der Waals surface area contributed by atoms with E-state index in [4.69, 9.17) is 0 Å². The highest BCUT2D eigenvalue weighted by Crippen LogP contribution is 2.10. The number of hydrogen-bond acceptors (Lipinski definition) is 2. The van der Waals surface area contributed by atoms with E-state index in [1.165, 1.54) is 30.5 Å². The molecule has 0 unspecified atom stereocenters. The van der Waals surface area contributed by atoms with Gasteiger partial charge in [0, 0.05) is 11.9 Å². The zero-order valence-corrected chi connectivity index (χ0v) is 9.66. The summed E-state index contributed by atoms with van der Waals surface area (Å²) >= 11 is 0. The molecule has 92 valence electrons. The fraction of sp³-hybridized carbons (Fsp3) is 0.0769. The summed E-state index contributed by atoms with van der Waals surface area (Å²) in [6.07, 6.45) is 1.48. The first-order chi connectivity index (χ1) is 8.58. The molecule has 0 aliphatic rings. The van der Waals surface area contributed by atoms with Crippen LogP contribution in [0.5, 0.6) is 0 Å². The van der Waals surface area contributed by atoms with Gasteiger partial charge in [-0.3, -0.25) is 9.59 Å². The van der Waals surface area contributed by atoms with Crippen molar-refractivity contribution in [3.8, 4) is 0 Å². The zero-order chi connectivity index (χ0) is 13.1. The van der Waals surface area contributed by atoms with Crippen LogP contribution in [0.15, 0.2) is 41.3 Å². The number of H-pyrrole nitrogens is 1. The number of aryl methyl sites for hydroxylation is 1. The van der Waals surface area contributed by atoms with Gasteiger partial charge in [0.25, 0.3) is 11.5 Å². The van der Waals surface area contributed by atoms with Gasteiger partial charge < -0.3 is 10.3 Å². The Bertz CT molecular complexity index is 632. The number of benzene rings is 1. The minimum absolute atomic E-state index is 0.0572. The maximum absolute atomic E-state index is 12.7. The number of aromatic nitrogens is 1. The first-order valence-corrected chi connectivity index (χ1v) is 5.33. The predicted octanol–water partition coefficient (Wildman–Crippen LogP) is 2.07. The molecule has 1 heterocycles. The fourth-order valence-corrected chi connectivity index (χ4v) is 1.59. The molecule has 2 rings (SSSR count). The highest BCUT2D eigenvalue weighted by atomic mass is 19.1. The molecule has 0 aliphatic carbocycles. The molecule has 5 heteroatoms. The monoisotopic (exact) mass is 246 g/mol. The van der Waals surface area contributed by atoms with Gasteiger partial charge in [-0.1, -0.05) is 0 Å². The molecule has 1 aromatic heterocycles. The van der Waals surface area contributed by atoms with E-state index in [9.17, 15) is 14.0 Å². The number of carbonyl (C=O) groups excluding carboxylic acids is 1. The number of amides is 1. The number of rotatable bonds is 2. The number of halogens is 1. The summed E-state index contributed by atoms with van der Waals surface area (Å²) in [6, 6.07) is 6.97. The molecule has 0 saturated heterocycles. The molecule has 1 aromatic carbocycles. The van der Waals surface area contributed by atoms with Crippen LogP contribution in [-0.2, 0) is 0 Å². The van der Waals surface area contributed by atoms with E-state index in [0.717, 1.165) is 0 Å². The maximum atomic E-state index is 12.7. The molecule has 1 amide bonds. The fourth-order valence-electron chi connectivity index (χ4n) is 1.59. The Hall–Kier alpha value is -2.43. The lowest BCUT2D eigenvalue weighted by Crippen LogP contribution is -2.24. The van der Waals surface area contributed by atoms with Gasteiger partial charge in [0.1, 0.15) is 11.4 Å². The van der Waals surface area contributed by atoms with E-state index >= 15 is 0 Å². The number of carbonyl (C=O) groups is 1. The predicted molar refractivity (Wildman–Crippen MR) is 66.2 cm³/mol. The summed E-state index contributed by atoms with van der Waals surface area (Å²) in [7, 11) is 0. The second-order valence-electron chi connectivity index (χ2n) is 3.83. The van der Waals surface area contributed by atoms with Crippen molar-refractivity contribution in [2.75, 3.05) is 5.32 Å². The van der Waals surface area contributed by atoms with Crippen molar-refractivity contribution in [1.29, 1.82) is 0 Å². The highest BCUT2D eigenvalue weighted by molar-refractivity contribution is 6.04. The number of aromatic amines is 1. The highest BCUT2D eigenvalue weighted by Gasteiger charge is 2.13. The van der Waals surface area contributed by atoms with Crippen LogP contribution < -0.4 is 10.9 Å². The number of pyridine rings is 1. The Morgan fingerprint density at radius 2 is 1.89 bits per heavy atom. The molecule has 2 N–H and O–H groups in total. The van der Waals surface area contributed by atoms with Crippen LogP contribution in [-0.4, -0.2) is 10.9 Å². The van der Waals surface area contributed by atoms with E-state index in [0.29, 0.717) is 11.3 Å². The van der Waals surface area contributed by atoms with Crippen molar-refractivity contribution in [3.05, 3.63) is 63.8 Å². The van der Waals surface area contributed by atoms with Gasteiger partial charge in [-0.2, -0.15) is 0 Å². The number of anilines is 1. The first-order valence-electron chi connectivity index (χ1n) is 5.33. The Kier molecular flexibility index (Phi) is 3.23. The third-order valence-electron chi connectivity index (χ3n) is 2.50. The third-order valence-corrected chi connectivity index (χ3v) is 2.50. The van der Waals surface area contributed by atoms with Crippen LogP contribution in [0.3, 0.4) is 0 Å². The molecule has 0 spiro atoms. The summed E-state index contributed by atoms with van der Waals surface area (Å²) in [4.78, 5) is 25.9. The number of nitrogens with one attached hydrogen (secondary N) is 2. The van der Waals surface area contributed by atoms with Crippen molar-refractivity contribution in [2.45, 2.75) is 6.92 Å². The summed E-state index contributed by atoms with van der Waals surface area (Å²) in [5, 5.41) is 2.54. The van der Waals surface area contributed by atoms with Crippen molar-refractivity contribution < 1.29 is 9.18 Å². The molecular weight excluding hydrogens is 235 g/mol. The van der Waals surface area contributed by atoms with Gasteiger partial charge in [-0.05, 0) is 42.8 Å². The molecule has 2 aromatic rings. The molecule has 0 atom stereocenters. The molecule has 0 saturated carbocycles. The summed E-state index contributed by atoms with van der Waals surface area (Å²) in [5.74, 6) is -0.900. The topological polar surface area (TPSA) is 62.0 Å². The Balaban J connectivity index is 2.28. The molecule has 0 aliphatic heterocycles. The van der Waals surface area contributed by atoms with Crippen LogP contribution in [0, 0.1) is 12.7 Å². The van der Waals surface area contributed by atoms with Crippen LogP contribution >= 0.6 is 0 Å². The van der Waals surface area contributed by atoms with Gasteiger partial charge in [-0.15, -0.1) is 0 Å². The Morgan fingerprint density at radius 1 is 1.22 bits per heavy atom. The van der Waals surface area contributed by atoms with E-state index in [1.54, 1.807) is 13.0 Å². The quantitative estimate of drug-likeness (QED) is 0.852. The summed E-state index contributed by atoms with van der Waals surface area (Å²) < 4.78 is 12.7.